The fourth-order valence-electron chi connectivity index (χ4n) is 2.89. The lowest BCUT2D eigenvalue weighted by molar-refractivity contribution is -0.117. The second-order valence-electron chi connectivity index (χ2n) is 6.79. The van der Waals surface area contributed by atoms with Crippen molar-refractivity contribution >= 4 is 23.6 Å². The van der Waals surface area contributed by atoms with E-state index in [1.54, 1.807) is 24.3 Å². The molecule has 0 spiro atoms. The lowest BCUT2D eigenvalue weighted by atomic mass is 10.1. The summed E-state index contributed by atoms with van der Waals surface area (Å²) >= 11 is 6.37. The molecule has 7 heteroatoms. The van der Waals surface area contributed by atoms with Gasteiger partial charge in [0.15, 0.2) is 11.5 Å². The number of carbonyl (C=O) groups excluding carboxylic acids is 1. The molecule has 0 unspecified atom stereocenters. The Morgan fingerprint density at radius 1 is 1.12 bits per heavy atom. The van der Waals surface area contributed by atoms with Gasteiger partial charge in [-0.1, -0.05) is 54.1 Å². The SMILES string of the molecule is COc1cc(/C=C(/C#N)C(=O)NCc2ccccc2)cc(Cl)c1OCc1ccc(F)cc1. The molecule has 0 aliphatic carbocycles. The second-order valence-corrected chi connectivity index (χ2v) is 7.19. The van der Waals surface area contributed by atoms with Crippen molar-refractivity contribution in [3.63, 3.8) is 0 Å². The molecule has 5 nitrogen and oxygen atoms in total. The minimum absolute atomic E-state index is 0.0703. The van der Waals surface area contributed by atoms with Crippen LogP contribution < -0.4 is 14.8 Å². The minimum Gasteiger partial charge on any atom is -0.493 e. The number of rotatable bonds is 8. The molecule has 1 N–H and O–H groups in total. The van der Waals surface area contributed by atoms with E-state index in [1.807, 2.05) is 36.4 Å². The van der Waals surface area contributed by atoms with E-state index < -0.39 is 5.91 Å². The number of hydrogen-bond acceptors (Lipinski definition) is 4. The average Bonchev–Trinajstić information content (AvgIpc) is 2.81. The van der Waals surface area contributed by atoms with Gasteiger partial charge in [-0.05, 0) is 47.0 Å². The molecule has 0 radical (unpaired) electrons. The number of methoxy groups -OCH3 is 1. The van der Waals surface area contributed by atoms with Gasteiger partial charge in [-0.15, -0.1) is 0 Å². The number of ether oxygens (including phenoxy) is 2. The van der Waals surface area contributed by atoms with E-state index in [1.165, 1.54) is 25.3 Å². The van der Waals surface area contributed by atoms with Gasteiger partial charge in [-0.25, -0.2) is 4.39 Å². The highest BCUT2D eigenvalue weighted by Gasteiger charge is 2.14. The van der Waals surface area contributed by atoms with E-state index in [-0.39, 0.29) is 23.0 Å². The Balaban J connectivity index is 1.75. The number of carbonyl (C=O) groups is 1. The molecule has 162 valence electrons. The minimum atomic E-state index is -0.497. The Morgan fingerprint density at radius 3 is 2.50 bits per heavy atom. The fraction of sp³-hybridized carbons (Fsp3) is 0.120. The van der Waals surface area contributed by atoms with Gasteiger partial charge in [0.2, 0.25) is 0 Å². The van der Waals surface area contributed by atoms with Crippen molar-refractivity contribution in [3.8, 4) is 17.6 Å². The molecule has 32 heavy (non-hydrogen) atoms. The van der Waals surface area contributed by atoms with E-state index in [0.717, 1.165) is 11.1 Å². The number of benzene rings is 3. The molecule has 1 amide bonds. The summed E-state index contributed by atoms with van der Waals surface area (Å²) in [6.07, 6.45) is 1.43. The Kier molecular flexibility index (Phi) is 7.85. The maximum atomic E-state index is 13.1. The zero-order valence-electron chi connectivity index (χ0n) is 17.3. The molecular formula is C25H20ClFN2O3. The van der Waals surface area contributed by atoms with E-state index >= 15 is 0 Å². The van der Waals surface area contributed by atoms with Gasteiger partial charge in [0.1, 0.15) is 24.1 Å². The van der Waals surface area contributed by atoms with Gasteiger partial charge in [0, 0.05) is 6.54 Å². The van der Waals surface area contributed by atoms with E-state index in [9.17, 15) is 14.4 Å². The van der Waals surface area contributed by atoms with Crippen molar-refractivity contribution < 1.29 is 18.7 Å². The quantitative estimate of drug-likeness (QED) is 0.374. The van der Waals surface area contributed by atoms with Gasteiger partial charge in [0.05, 0.1) is 12.1 Å². The zero-order valence-corrected chi connectivity index (χ0v) is 18.0. The second kappa shape index (κ2) is 11.0. The highest BCUT2D eigenvalue weighted by Crippen LogP contribution is 2.37. The van der Waals surface area contributed by atoms with Crippen molar-refractivity contribution in [2.45, 2.75) is 13.2 Å². The number of amides is 1. The summed E-state index contributed by atoms with van der Waals surface area (Å²) in [4.78, 5) is 12.4. The van der Waals surface area contributed by atoms with Crippen LogP contribution in [0, 0.1) is 17.1 Å². The number of nitriles is 1. The third kappa shape index (κ3) is 6.10. The summed E-state index contributed by atoms with van der Waals surface area (Å²) < 4.78 is 24.2. The number of halogens is 2. The van der Waals surface area contributed by atoms with Gasteiger partial charge >= 0.3 is 0 Å². The van der Waals surface area contributed by atoms with Gasteiger partial charge in [0.25, 0.3) is 5.91 Å². The highest BCUT2D eigenvalue weighted by atomic mass is 35.5. The van der Waals surface area contributed by atoms with Crippen LogP contribution in [-0.4, -0.2) is 13.0 Å². The monoisotopic (exact) mass is 450 g/mol. The number of nitrogens with zero attached hydrogens (tertiary/aromatic N) is 1. The summed E-state index contributed by atoms with van der Waals surface area (Å²) in [5.41, 5.74) is 2.12. The lowest BCUT2D eigenvalue weighted by Crippen LogP contribution is -2.23. The van der Waals surface area contributed by atoms with Crippen molar-refractivity contribution in [3.05, 3.63) is 99.8 Å². The van der Waals surface area contributed by atoms with Gasteiger partial charge < -0.3 is 14.8 Å². The van der Waals surface area contributed by atoms with Crippen LogP contribution in [0.25, 0.3) is 6.08 Å². The van der Waals surface area contributed by atoms with Crippen molar-refractivity contribution in [1.29, 1.82) is 5.26 Å². The number of nitrogens with one attached hydrogen (secondary N) is 1. The van der Waals surface area contributed by atoms with E-state index in [2.05, 4.69) is 5.32 Å². The lowest BCUT2D eigenvalue weighted by Gasteiger charge is -2.13. The fourth-order valence-corrected chi connectivity index (χ4v) is 3.16. The first-order valence-corrected chi connectivity index (χ1v) is 10.1. The topological polar surface area (TPSA) is 71.3 Å². The summed E-state index contributed by atoms with van der Waals surface area (Å²) in [5.74, 6) is -0.180. The molecule has 0 atom stereocenters. The first-order chi connectivity index (χ1) is 15.5. The van der Waals surface area contributed by atoms with Crippen molar-refractivity contribution in [2.24, 2.45) is 0 Å². The van der Waals surface area contributed by atoms with Crippen LogP contribution in [-0.2, 0) is 17.9 Å². The zero-order chi connectivity index (χ0) is 22.9. The van der Waals surface area contributed by atoms with Crippen LogP contribution in [0.15, 0.2) is 72.3 Å². The van der Waals surface area contributed by atoms with Gasteiger partial charge in [-0.2, -0.15) is 5.26 Å². The third-order valence-electron chi connectivity index (χ3n) is 4.52. The third-order valence-corrected chi connectivity index (χ3v) is 4.80. The highest BCUT2D eigenvalue weighted by molar-refractivity contribution is 6.32. The van der Waals surface area contributed by atoms with Gasteiger partial charge in [-0.3, -0.25) is 4.79 Å². The first kappa shape index (κ1) is 22.9. The van der Waals surface area contributed by atoms with Crippen LogP contribution >= 0.6 is 11.6 Å². The Hall–Kier alpha value is -3.82. The Bertz CT molecular complexity index is 1160. The molecule has 0 aromatic heterocycles. The Labute approximate surface area is 190 Å². The predicted octanol–water partition coefficient (Wildman–Crippen LogP) is 5.29. The Morgan fingerprint density at radius 2 is 1.84 bits per heavy atom. The van der Waals surface area contributed by atoms with Crippen LogP contribution in [0.2, 0.25) is 5.02 Å². The average molecular weight is 451 g/mol. The summed E-state index contributed by atoms with van der Waals surface area (Å²) in [6.45, 7) is 0.468. The first-order valence-electron chi connectivity index (χ1n) is 9.69. The molecule has 3 rings (SSSR count). The molecule has 3 aromatic rings. The van der Waals surface area contributed by atoms with Crippen molar-refractivity contribution in [2.75, 3.05) is 7.11 Å². The molecular weight excluding hydrogens is 431 g/mol. The smallest absolute Gasteiger partial charge is 0.262 e. The molecule has 0 aliphatic rings. The van der Waals surface area contributed by atoms with Crippen LogP contribution in [0.5, 0.6) is 11.5 Å². The molecule has 0 aliphatic heterocycles. The standard InChI is InChI=1S/C25H20ClFN2O3/c1-31-23-13-19(11-20(14-28)25(30)29-15-17-5-3-2-4-6-17)12-22(26)24(23)32-16-18-7-9-21(27)10-8-18/h2-13H,15-16H2,1H3,(H,29,30)/b20-11-. The van der Waals surface area contributed by atoms with Crippen molar-refractivity contribution in [1.82, 2.24) is 5.32 Å². The maximum absolute atomic E-state index is 13.1. The van der Waals surface area contributed by atoms with E-state index in [0.29, 0.717) is 23.6 Å². The predicted molar refractivity (Wildman–Crippen MR) is 121 cm³/mol. The van der Waals surface area contributed by atoms with Crippen LogP contribution in [0.3, 0.4) is 0 Å². The van der Waals surface area contributed by atoms with E-state index in [4.69, 9.17) is 21.1 Å². The molecule has 0 saturated heterocycles. The normalized spacial score (nSPS) is 10.9. The molecule has 0 saturated carbocycles. The maximum Gasteiger partial charge on any atom is 0.262 e. The number of hydrogen-bond donors (Lipinski definition) is 1. The molecule has 0 bridgehead atoms. The van der Waals surface area contributed by atoms with Crippen LogP contribution in [0.1, 0.15) is 16.7 Å². The summed E-state index contributed by atoms with van der Waals surface area (Å²) in [5, 5.41) is 12.4. The summed E-state index contributed by atoms with van der Waals surface area (Å²) in [7, 11) is 1.46. The van der Waals surface area contributed by atoms with Crippen LogP contribution in [0.4, 0.5) is 4.39 Å². The molecule has 0 fully saturated rings. The summed E-state index contributed by atoms with van der Waals surface area (Å²) in [6, 6.07) is 20.4. The molecule has 3 aromatic carbocycles. The largest absolute Gasteiger partial charge is 0.493 e. The molecule has 0 heterocycles.